The van der Waals surface area contributed by atoms with Crippen LogP contribution in [0.1, 0.15) is 79.1 Å². The third-order valence-corrected chi connectivity index (χ3v) is 6.48. The summed E-state index contributed by atoms with van der Waals surface area (Å²) in [4.78, 5) is 0. The van der Waals surface area contributed by atoms with E-state index >= 15 is 0 Å². The van der Waals surface area contributed by atoms with Crippen molar-refractivity contribution in [3.05, 3.63) is 61.9 Å². The van der Waals surface area contributed by atoms with Gasteiger partial charge in [0, 0.05) is 11.8 Å². The van der Waals surface area contributed by atoms with Crippen LogP contribution in [-0.4, -0.2) is 32.4 Å². The van der Waals surface area contributed by atoms with Gasteiger partial charge in [0.15, 0.2) is 10.1 Å². The fourth-order valence-electron chi connectivity index (χ4n) is 3.53. The zero-order chi connectivity index (χ0) is 29.8. The quantitative estimate of drug-likeness (QED) is 0.109. The molecule has 39 heavy (non-hydrogen) atoms. The zero-order valence-electron chi connectivity index (χ0n) is 21.9. The molecular weight excluding hydrogens is 621 g/mol. The molecule has 2 fully saturated rings. The molecule has 2 aliphatic carbocycles. The van der Waals surface area contributed by atoms with Gasteiger partial charge in [0.05, 0.1) is 0 Å². The molecule has 0 saturated heterocycles. The van der Waals surface area contributed by atoms with Gasteiger partial charge in [-0.1, -0.05) is 53.4 Å². The first-order chi connectivity index (χ1) is 17.4. The van der Waals surface area contributed by atoms with Gasteiger partial charge in [0.1, 0.15) is 6.10 Å². The van der Waals surface area contributed by atoms with E-state index in [0.29, 0.717) is 37.5 Å². The molecule has 0 amide bonds. The second-order valence-corrected chi connectivity index (χ2v) is 11.0. The van der Waals surface area contributed by atoms with E-state index in [9.17, 15) is 34.8 Å². The average Bonchev–Trinajstić information content (AvgIpc) is 3.42. The summed E-state index contributed by atoms with van der Waals surface area (Å²) >= 11 is 0. The summed E-state index contributed by atoms with van der Waals surface area (Å²) in [6.07, 6.45) is 15.5. The molecule has 6 nitrogen and oxygen atoms in total. The molecule has 0 aromatic rings. The Kier molecular flexibility index (Phi) is 19.4. The fraction of sp³-hybridized carbons (Fsp3) is 0.583. The van der Waals surface area contributed by atoms with Crippen molar-refractivity contribution in [3.8, 4) is 0 Å². The summed E-state index contributed by atoms with van der Waals surface area (Å²) in [5.74, 6) is 3.26. The van der Waals surface area contributed by atoms with Gasteiger partial charge in [-0.05, 0) is 69.6 Å². The number of halogens is 6. The predicted molar refractivity (Wildman–Crippen MR) is 129 cm³/mol. The molecule has 0 heterocycles. The van der Waals surface area contributed by atoms with Crippen molar-refractivity contribution in [2.45, 2.75) is 90.1 Å². The largest absolute Gasteiger partial charge is 3.00 e. The second kappa shape index (κ2) is 18.4. The molecule has 0 bridgehead atoms. The van der Waals surface area contributed by atoms with Crippen LogP contribution in [0.2, 0.25) is 0 Å². The van der Waals surface area contributed by atoms with Crippen LogP contribution >= 0.6 is 0 Å². The number of alkyl halides is 6. The van der Waals surface area contributed by atoms with Crippen molar-refractivity contribution in [1.29, 1.82) is 0 Å². The summed E-state index contributed by atoms with van der Waals surface area (Å²) in [5.41, 5.74) is -11.1. The maximum atomic E-state index is 12.8. The molecule has 0 aromatic heterocycles. The molecule has 226 valence electrons. The van der Waals surface area contributed by atoms with E-state index in [1.54, 1.807) is 0 Å². The molecule has 2 rings (SSSR count). The van der Waals surface area contributed by atoms with Crippen molar-refractivity contribution in [1.82, 2.24) is 0 Å². The SMILES string of the molecule is CCC[C]1[C](CCC)[C](CCC)[C](OS(=O)(=O)C(F)(F)F)[C]1CCC.O=S(=O)([O-])C(F)(F)F.[CH]1[CH][CH][CH][CH]1.[Co+3]. The van der Waals surface area contributed by atoms with E-state index < -0.39 is 31.3 Å². The Labute approximate surface area is 240 Å². The van der Waals surface area contributed by atoms with Gasteiger partial charge in [-0.2, -0.15) is 34.8 Å². The molecule has 0 unspecified atom stereocenters. The van der Waals surface area contributed by atoms with Gasteiger partial charge in [-0.25, -0.2) is 8.42 Å². The minimum absolute atomic E-state index is 0. The Hall–Kier alpha value is -0.0935. The van der Waals surface area contributed by atoms with Crippen molar-refractivity contribution in [2.75, 3.05) is 0 Å². The van der Waals surface area contributed by atoms with Crippen LogP contribution in [0.5, 0.6) is 0 Å². The Balaban J connectivity index is 0. The number of rotatable bonds is 10. The molecule has 10 radical (unpaired) electrons. The Morgan fingerprint density at radius 1 is 0.615 bits per heavy atom. The zero-order valence-corrected chi connectivity index (χ0v) is 24.6. The Bertz CT molecular complexity index is 832. The Morgan fingerprint density at radius 3 is 1.08 bits per heavy atom. The van der Waals surface area contributed by atoms with Crippen molar-refractivity contribution < 1.29 is 68.7 Å². The van der Waals surface area contributed by atoms with E-state index in [0.717, 1.165) is 37.5 Å². The maximum absolute atomic E-state index is 12.8. The fourth-order valence-corrected chi connectivity index (χ4v) is 4.05. The normalized spacial score (nSPS) is 18.7. The minimum Gasteiger partial charge on any atom is -0.741 e. The third-order valence-electron chi connectivity index (χ3n) is 4.96. The van der Waals surface area contributed by atoms with E-state index in [4.69, 9.17) is 17.2 Å². The van der Waals surface area contributed by atoms with E-state index in [2.05, 4.69) is 0 Å². The summed E-state index contributed by atoms with van der Waals surface area (Å²) in [5, 5.41) is 0. The molecule has 15 heteroatoms. The predicted octanol–water partition coefficient (Wildman–Crippen LogP) is 6.97. The molecule has 0 spiro atoms. The van der Waals surface area contributed by atoms with Crippen molar-refractivity contribution in [3.63, 3.8) is 0 Å². The Morgan fingerprint density at radius 2 is 0.872 bits per heavy atom. The first-order valence-electron chi connectivity index (χ1n) is 11.9. The molecule has 2 aliphatic rings. The van der Waals surface area contributed by atoms with Crippen LogP contribution in [-0.2, 0) is 41.2 Å². The van der Waals surface area contributed by atoms with Crippen LogP contribution in [0, 0.1) is 61.9 Å². The van der Waals surface area contributed by atoms with Crippen molar-refractivity contribution in [2.24, 2.45) is 0 Å². The standard InChI is InChI=1S/C18H28F3O3S.C5H5.CHF3O3S.Co/c1-5-9-13-14(10-6-2)16(12-8-4)17(15(13)11-7-3)24-25(22,23)18(19,20)21;1-2-4-5-3-1;2-1(3,4)8(5,6)7;/h5-12H2,1-4H3;1-5H;(H,5,6,7);/q;;;+3/p-1. The van der Waals surface area contributed by atoms with Gasteiger partial charge in [0.2, 0.25) is 0 Å². The summed E-state index contributed by atoms with van der Waals surface area (Å²) in [7, 11) is -11.8. The first kappa shape index (κ1) is 41.0. The first-order valence-corrected chi connectivity index (χ1v) is 14.7. The summed E-state index contributed by atoms with van der Waals surface area (Å²) < 4.78 is 125. The molecule has 0 aliphatic heterocycles. The van der Waals surface area contributed by atoms with Gasteiger partial charge in [-0.15, -0.1) is 0 Å². The molecule has 0 aromatic carbocycles. The van der Waals surface area contributed by atoms with Crippen LogP contribution < -0.4 is 0 Å². The average molecular weight is 655 g/mol. The number of hydrogen-bond donors (Lipinski definition) is 0. The topological polar surface area (TPSA) is 101 Å². The van der Waals surface area contributed by atoms with Crippen LogP contribution in [0.25, 0.3) is 0 Å². The number of hydrogen-bond acceptors (Lipinski definition) is 6. The molecule has 2 saturated carbocycles. The maximum Gasteiger partial charge on any atom is 3.00 e. The smallest absolute Gasteiger partial charge is 0.741 e. The van der Waals surface area contributed by atoms with E-state index in [-0.39, 0.29) is 22.9 Å². The minimum atomic E-state index is -6.09. The summed E-state index contributed by atoms with van der Waals surface area (Å²) in [6.45, 7) is 7.85. The second-order valence-electron chi connectivity index (χ2n) is 8.09. The monoisotopic (exact) mass is 654 g/mol. The van der Waals surface area contributed by atoms with Crippen LogP contribution in [0.3, 0.4) is 0 Å². The van der Waals surface area contributed by atoms with Gasteiger partial charge in [0.25, 0.3) is 0 Å². The molecular formula is C24H33CoF6O6S2+2. The molecule has 0 N–H and O–H groups in total. The van der Waals surface area contributed by atoms with E-state index in [1.165, 1.54) is 0 Å². The van der Waals surface area contributed by atoms with E-state index in [1.807, 2.05) is 59.8 Å². The van der Waals surface area contributed by atoms with Gasteiger partial charge in [-0.3, -0.25) is 4.18 Å². The van der Waals surface area contributed by atoms with Gasteiger partial charge < -0.3 is 4.55 Å². The summed E-state index contributed by atoms with van der Waals surface area (Å²) in [6, 6.07) is 0. The van der Waals surface area contributed by atoms with Gasteiger partial charge >= 0.3 is 37.9 Å². The van der Waals surface area contributed by atoms with Crippen molar-refractivity contribution >= 4 is 20.2 Å². The van der Waals surface area contributed by atoms with Crippen LogP contribution in [0.4, 0.5) is 26.3 Å². The third kappa shape index (κ3) is 13.6. The molecule has 0 atom stereocenters. The van der Waals surface area contributed by atoms with Crippen LogP contribution in [0.15, 0.2) is 0 Å².